The molecule has 1 aromatic carbocycles. The first kappa shape index (κ1) is 14.4. The third-order valence-electron chi connectivity index (χ3n) is 4.41. The minimum absolute atomic E-state index is 0.295. The van der Waals surface area contributed by atoms with E-state index < -0.39 is 0 Å². The number of phenolic OH excluding ortho intramolecular Hbond substituents is 1. The van der Waals surface area contributed by atoms with Gasteiger partial charge in [-0.15, -0.1) is 0 Å². The SMILES string of the molecule is Cc1ccc(C(C)N2CCC(N(C)C)CC2)c(O)c1. The van der Waals surface area contributed by atoms with E-state index in [-0.39, 0.29) is 0 Å². The second-order valence-electron chi connectivity index (χ2n) is 5.97. The monoisotopic (exact) mass is 262 g/mol. The van der Waals surface area contributed by atoms with E-state index in [1.165, 1.54) is 12.8 Å². The maximum absolute atomic E-state index is 10.1. The molecule has 19 heavy (non-hydrogen) atoms. The molecule has 2 rings (SSSR count). The van der Waals surface area contributed by atoms with Crippen LogP contribution in [0, 0.1) is 6.92 Å². The van der Waals surface area contributed by atoms with Crippen LogP contribution in [0.5, 0.6) is 5.75 Å². The lowest BCUT2D eigenvalue weighted by Gasteiger charge is -2.38. The summed E-state index contributed by atoms with van der Waals surface area (Å²) in [5, 5.41) is 10.1. The van der Waals surface area contributed by atoms with E-state index in [4.69, 9.17) is 0 Å². The minimum Gasteiger partial charge on any atom is -0.508 e. The molecule has 1 unspecified atom stereocenters. The van der Waals surface area contributed by atoms with E-state index in [1.807, 2.05) is 13.0 Å². The van der Waals surface area contributed by atoms with Crippen molar-refractivity contribution in [3.05, 3.63) is 29.3 Å². The molecule has 0 radical (unpaired) electrons. The van der Waals surface area contributed by atoms with Crippen molar-refractivity contribution in [1.29, 1.82) is 0 Å². The van der Waals surface area contributed by atoms with Crippen LogP contribution in [0.3, 0.4) is 0 Å². The fraction of sp³-hybridized carbons (Fsp3) is 0.625. The second-order valence-corrected chi connectivity index (χ2v) is 5.97. The van der Waals surface area contributed by atoms with E-state index in [2.05, 4.69) is 43.0 Å². The largest absolute Gasteiger partial charge is 0.508 e. The highest BCUT2D eigenvalue weighted by Gasteiger charge is 2.25. The number of hydrogen-bond acceptors (Lipinski definition) is 3. The van der Waals surface area contributed by atoms with E-state index >= 15 is 0 Å². The van der Waals surface area contributed by atoms with Gasteiger partial charge in [-0.25, -0.2) is 0 Å². The Bertz CT molecular complexity index is 423. The fourth-order valence-electron chi connectivity index (χ4n) is 2.99. The maximum atomic E-state index is 10.1. The predicted molar refractivity (Wildman–Crippen MR) is 79.5 cm³/mol. The standard InChI is InChI=1S/C16H26N2O/c1-12-5-6-15(16(19)11-12)13(2)18-9-7-14(8-10-18)17(3)4/h5-6,11,13-14,19H,7-10H2,1-4H3. The van der Waals surface area contributed by atoms with Gasteiger partial charge in [0.2, 0.25) is 0 Å². The predicted octanol–water partition coefficient (Wildman–Crippen LogP) is 2.79. The van der Waals surface area contributed by atoms with Crippen LogP contribution in [0.2, 0.25) is 0 Å². The molecule has 1 aliphatic rings. The van der Waals surface area contributed by atoms with Crippen molar-refractivity contribution in [2.24, 2.45) is 0 Å². The molecule has 1 atom stereocenters. The summed E-state index contributed by atoms with van der Waals surface area (Å²) in [5.74, 6) is 0.433. The van der Waals surface area contributed by atoms with Gasteiger partial charge in [0.25, 0.3) is 0 Å². The Morgan fingerprint density at radius 1 is 1.26 bits per heavy atom. The molecule has 1 N–H and O–H groups in total. The molecule has 1 saturated heterocycles. The highest BCUT2D eigenvalue weighted by molar-refractivity contribution is 5.37. The van der Waals surface area contributed by atoms with E-state index in [1.54, 1.807) is 0 Å². The Kier molecular flexibility index (Phi) is 4.48. The summed E-state index contributed by atoms with van der Waals surface area (Å²) in [6, 6.07) is 7.00. The van der Waals surface area contributed by atoms with Crippen molar-refractivity contribution in [3.8, 4) is 5.75 Å². The number of aryl methyl sites for hydroxylation is 1. The van der Waals surface area contributed by atoms with Gasteiger partial charge in [-0.05, 0) is 52.4 Å². The Morgan fingerprint density at radius 2 is 1.89 bits per heavy atom. The summed E-state index contributed by atoms with van der Waals surface area (Å²) in [7, 11) is 4.32. The average molecular weight is 262 g/mol. The number of hydrogen-bond donors (Lipinski definition) is 1. The molecule has 1 aliphatic heterocycles. The van der Waals surface area contributed by atoms with Gasteiger partial charge < -0.3 is 10.0 Å². The first-order valence-electron chi connectivity index (χ1n) is 7.19. The third-order valence-corrected chi connectivity index (χ3v) is 4.41. The summed E-state index contributed by atoms with van der Waals surface area (Å²) in [5.41, 5.74) is 2.16. The van der Waals surface area contributed by atoms with Crippen molar-refractivity contribution in [3.63, 3.8) is 0 Å². The lowest BCUT2D eigenvalue weighted by atomic mass is 9.98. The van der Waals surface area contributed by atoms with Gasteiger partial charge in [0.15, 0.2) is 0 Å². The van der Waals surface area contributed by atoms with Gasteiger partial charge in [-0.2, -0.15) is 0 Å². The molecule has 0 saturated carbocycles. The molecule has 0 bridgehead atoms. The van der Waals surface area contributed by atoms with E-state index in [0.717, 1.165) is 24.2 Å². The summed E-state index contributed by atoms with van der Waals surface area (Å²) in [4.78, 5) is 4.80. The van der Waals surface area contributed by atoms with Gasteiger partial charge in [0.05, 0.1) is 0 Å². The van der Waals surface area contributed by atoms with Crippen LogP contribution in [0.1, 0.15) is 36.9 Å². The van der Waals surface area contributed by atoms with Crippen LogP contribution in [0.15, 0.2) is 18.2 Å². The Balaban J connectivity index is 2.03. The number of rotatable bonds is 3. The number of aromatic hydroxyl groups is 1. The van der Waals surface area contributed by atoms with Crippen molar-refractivity contribution in [1.82, 2.24) is 9.80 Å². The molecule has 0 spiro atoms. The smallest absolute Gasteiger partial charge is 0.120 e. The number of piperidine rings is 1. The van der Waals surface area contributed by atoms with Crippen LogP contribution in [0.25, 0.3) is 0 Å². The fourth-order valence-corrected chi connectivity index (χ4v) is 2.99. The first-order chi connectivity index (χ1) is 8.99. The summed E-state index contributed by atoms with van der Waals surface area (Å²) in [6.07, 6.45) is 2.42. The molecule has 0 aromatic heterocycles. The number of phenols is 1. The quantitative estimate of drug-likeness (QED) is 0.907. The molecule has 1 aromatic rings. The summed E-state index contributed by atoms with van der Waals surface area (Å²) < 4.78 is 0. The molecule has 3 heteroatoms. The zero-order valence-electron chi connectivity index (χ0n) is 12.6. The van der Waals surface area contributed by atoms with E-state index in [9.17, 15) is 5.11 Å². The Labute approximate surface area is 116 Å². The van der Waals surface area contributed by atoms with Gasteiger partial charge in [0, 0.05) is 30.7 Å². The van der Waals surface area contributed by atoms with Gasteiger partial charge in [0.1, 0.15) is 5.75 Å². The van der Waals surface area contributed by atoms with Gasteiger partial charge in [-0.3, -0.25) is 4.90 Å². The summed E-state index contributed by atoms with van der Waals surface area (Å²) >= 11 is 0. The highest BCUT2D eigenvalue weighted by Crippen LogP contribution is 2.31. The van der Waals surface area contributed by atoms with Crippen LogP contribution in [-0.4, -0.2) is 48.1 Å². The van der Waals surface area contributed by atoms with Gasteiger partial charge in [-0.1, -0.05) is 12.1 Å². The van der Waals surface area contributed by atoms with Crippen LogP contribution < -0.4 is 0 Å². The molecule has 0 aliphatic carbocycles. The first-order valence-corrected chi connectivity index (χ1v) is 7.19. The number of nitrogens with zero attached hydrogens (tertiary/aromatic N) is 2. The van der Waals surface area contributed by atoms with Crippen molar-refractivity contribution >= 4 is 0 Å². The van der Waals surface area contributed by atoms with Gasteiger partial charge >= 0.3 is 0 Å². The lowest BCUT2D eigenvalue weighted by Crippen LogP contribution is -2.42. The zero-order chi connectivity index (χ0) is 14.0. The number of likely N-dealkylation sites (tertiary alicyclic amines) is 1. The molecule has 106 valence electrons. The highest BCUT2D eigenvalue weighted by atomic mass is 16.3. The lowest BCUT2D eigenvalue weighted by molar-refractivity contribution is 0.114. The van der Waals surface area contributed by atoms with Crippen molar-refractivity contribution in [2.45, 2.75) is 38.8 Å². The van der Waals surface area contributed by atoms with Crippen LogP contribution in [0.4, 0.5) is 0 Å². The Hall–Kier alpha value is -1.06. The molecule has 3 nitrogen and oxygen atoms in total. The molecular weight excluding hydrogens is 236 g/mol. The van der Waals surface area contributed by atoms with Crippen LogP contribution in [-0.2, 0) is 0 Å². The third kappa shape index (κ3) is 3.28. The zero-order valence-corrected chi connectivity index (χ0v) is 12.6. The normalized spacial score (nSPS) is 19.8. The van der Waals surface area contributed by atoms with Crippen LogP contribution >= 0.6 is 0 Å². The average Bonchev–Trinajstić information content (AvgIpc) is 2.38. The molecule has 1 heterocycles. The molecular formula is C16H26N2O. The minimum atomic E-state index is 0.295. The van der Waals surface area contributed by atoms with Crippen molar-refractivity contribution < 1.29 is 5.11 Å². The number of benzene rings is 1. The second kappa shape index (κ2) is 5.93. The molecule has 1 fully saturated rings. The van der Waals surface area contributed by atoms with Crippen molar-refractivity contribution in [2.75, 3.05) is 27.2 Å². The maximum Gasteiger partial charge on any atom is 0.120 e. The molecule has 0 amide bonds. The Morgan fingerprint density at radius 3 is 2.42 bits per heavy atom. The topological polar surface area (TPSA) is 26.7 Å². The summed E-state index contributed by atoms with van der Waals surface area (Å²) in [6.45, 7) is 6.42. The van der Waals surface area contributed by atoms with E-state index in [0.29, 0.717) is 17.8 Å².